The van der Waals surface area contributed by atoms with Crippen LogP contribution in [-0.4, -0.2) is 57.8 Å². The molecule has 0 aromatic heterocycles. The van der Waals surface area contributed by atoms with Crippen LogP contribution in [0.25, 0.3) is 0 Å². The highest BCUT2D eigenvalue weighted by Crippen LogP contribution is 2.22. The van der Waals surface area contributed by atoms with Gasteiger partial charge in [-0.15, -0.1) is 0 Å². The number of imide groups is 1. The third-order valence-electron chi connectivity index (χ3n) is 2.83. The monoisotopic (exact) mass is 348 g/mol. The van der Waals surface area contributed by atoms with Crippen molar-refractivity contribution in [2.75, 3.05) is 13.6 Å². The van der Waals surface area contributed by atoms with Crippen molar-refractivity contribution >= 4 is 33.8 Å². The molecule has 1 rings (SSSR count). The van der Waals surface area contributed by atoms with Crippen molar-refractivity contribution in [3.63, 3.8) is 0 Å². The molecule has 0 bridgehead atoms. The fourth-order valence-corrected chi connectivity index (χ4v) is 2.08. The van der Waals surface area contributed by atoms with Gasteiger partial charge in [-0.2, -0.15) is 0 Å². The number of halogens is 1. The smallest absolute Gasteiger partial charge is 0.331 e. The molecule has 6 nitrogen and oxygen atoms in total. The molecule has 114 valence electrons. The van der Waals surface area contributed by atoms with Gasteiger partial charge in [0.1, 0.15) is 5.60 Å². The Morgan fingerprint density at radius 2 is 2.00 bits per heavy atom. The Hall–Kier alpha value is -1.11. The molecule has 0 aliphatic carbocycles. The van der Waals surface area contributed by atoms with Crippen molar-refractivity contribution in [1.82, 2.24) is 9.80 Å². The van der Waals surface area contributed by atoms with E-state index in [9.17, 15) is 14.4 Å². The number of urea groups is 1. The molecule has 0 spiro atoms. The molecule has 7 heteroatoms. The number of esters is 1. The van der Waals surface area contributed by atoms with E-state index in [4.69, 9.17) is 4.74 Å². The summed E-state index contributed by atoms with van der Waals surface area (Å²) in [5.74, 6) is -0.961. The highest BCUT2D eigenvalue weighted by Gasteiger charge is 2.46. The molecule has 20 heavy (non-hydrogen) atoms. The second kappa shape index (κ2) is 6.11. The minimum Gasteiger partial charge on any atom is -0.458 e. The number of hydrogen-bond acceptors (Lipinski definition) is 4. The van der Waals surface area contributed by atoms with E-state index in [-0.39, 0.29) is 6.54 Å². The van der Waals surface area contributed by atoms with Crippen LogP contribution in [0.3, 0.4) is 0 Å². The molecule has 0 N–H and O–H groups in total. The third kappa shape index (κ3) is 3.71. The molecule has 0 saturated carbocycles. The number of amides is 3. The second-order valence-corrected chi connectivity index (χ2v) is 6.90. The number of rotatable bonds is 3. The lowest BCUT2D eigenvalue weighted by molar-refractivity contribution is -0.161. The number of carbonyl (C=O) groups is 3. The molecular formula is C13H21BrN2O4. The van der Waals surface area contributed by atoms with Crippen molar-refractivity contribution in [3.8, 4) is 0 Å². The molecule has 0 aromatic rings. The van der Waals surface area contributed by atoms with Crippen LogP contribution < -0.4 is 0 Å². The van der Waals surface area contributed by atoms with Crippen LogP contribution >= 0.6 is 15.9 Å². The Bertz CT molecular complexity index is 419. The lowest BCUT2D eigenvalue weighted by Gasteiger charge is -2.26. The fourth-order valence-electron chi connectivity index (χ4n) is 1.86. The number of hydrogen-bond donors (Lipinski definition) is 0. The highest BCUT2D eigenvalue weighted by molar-refractivity contribution is 9.10. The van der Waals surface area contributed by atoms with E-state index >= 15 is 0 Å². The van der Waals surface area contributed by atoms with Gasteiger partial charge in [0.25, 0.3) is 0 Å². The predicted molar refractivity (Wildman–Crippen MR) is 77.5 cm³/mol. The van der Waals surface area contributed by atoms with Crippen LogP contribution in [0.1, 0.15) is 34.1 Å². The van der Waals surface area contributed by atoms with E-state index in [2.05, 4.69) is 15.9 Å². The summed E-state index contributed by atoms with van der Waals surface area (Å²) in [4.78, 5) is 38.3. The number of carbonyl (C=O) groups excluding carboxylic acids is 3. The molecule has 1 heterocycles. The van der Waals surface area contributed by atoms with Gasteiger partial charge in [-0.1, -0.05) is 22.9 Å². The quantitative estimate of drug-likeness (QED) is 0.575. The van der Waals surface area contributed by atoms with Crippen LogP contribution in [0.5, 0.6) is 0 Å². The summed E-state index contributed by atoms with van der Waals surface area (Å²) in [6.45, 7) is 7.22. The maximum absolute atomic E-state index is 12.2. The van der Waals surface area contributed by atoms with E-state index in [1.807, 2.05) is 6.92 Å². The SMILES string of the molecule is CCC(Br)C(=O)N1C(=O)N(C)C[C@H]1C(=O)OC(C)(C)C. The third-order valence-corrected chi connectivity index (χ3v) is 3.87. The van der Waals surface area contributed by atoms with E-state index in [1.54, 1.807) is 27.8 Å². The zero-order valence-electron chi connectivity index (χ0n) is 12.5. The average Bonchev–Trinajstić information content (AvgIpc) is 2.62. The Morgan fingerprint density at radius 3 is 2.45 bits per heavy atom. The lowest BCUT2D eigenvalue weighted by atomic mass is 10.2. The van der Waals surface area contributed by atoms with Gasteiger partial charge < -0.3 is 9.64 Å². The molecule has 1 aliphatic heterocycles. The Balaban J connectivity index is 2.96. The van der Waals surface area contributed by atoms with E-state index in [0.717, 1.165) is 4.90 Å². The second-order valence-electron chi connectivity index (χ2n) is 5.80. The number of alkyl halides is 1. The number of likely N-dealkylation sites (N-methyl/N-ethyl adjacent to an activating group) is 1. The summed E-state index contributed by atoms with van der Waals surface area (Å²) in [5, 5.41) is 0. The molecule has 0 radical (unpaired) electrons. The molecule has 1 saturated heterocycles. The van der Waals surface area contributed by atoms with E-state index in [0.29, 0.717) is 6.42 Å². The zero-order valence-corrected chi connectivity index (χ0v) is 14.1. The van der Waals surface area contributed by atoms with Gasteiger partial charge in [0.2, 0.25) is 5.91 Å². The first-order chi connectivity index (χ1) is 9.08. The van der Waals surface area contributed by atoms with Crippen molar-refractivity contribution < 1.29 is 19.1 Å². The Labute approximate surface area is 127 Å². The predicted octanol–water partition coefficient (Wildman–Crippen LogP) is 1.76. The van der Waals surface area contributed by atoms with Crippen LogP contribution in [-0.2, 0) is 14.3 Å². The van der Waals surface area contributed by atoms with Crippen LogP contribution in [0, 0.1) is 0 Å². The lowest BCUT2D eigenvalue weighted by Crippen LogP contribution is -2.48. The zero-order chi connectivity index (χ0) is 15.7. The molecular weight excluding hydrogens is 328 g/mol. The summed E-state index contributed by atoms with van der Waals surface area (Å²) >= 11 is 3.22. The molecule has 1 fully saturated rings. The van der Waals surface area contributed by atoms with Gasteiger partial charge in [-0.05, 0) is 27.2 Å². The standard InChI is InChI=1S/C13H21BrN2O4/c1-6-8(14)10(17)16-9(7-15(5)12(16)19)11(18)20-13(2,3)4/h8-9H,6-7H2,1-5H3/t8?,9-/m0/s1. The first kappa shape index (κ1) is 16.9. The number of ether oxygens (including phenoxy) is 1. The van der Waals surface area contributed by atoms with Gasteiger partial charge in [0, 0.05) is 7.05 Å². The van der Waals surface area contributed by atoms with Crippen molar-refractivity contribution in [3.05, 3.63) is 0 Å². The maximum Gasteiger partial charge on any atom is 0.331 e. The fraction of sp³-hybridized carbons (Fsp3) is 0.769. The highest BCUT2D eigenvalue weighted by atomic mass is 79.9. The summed E-state index contributed by atoms with van der Waals surface area (Å²) in [6, 6.07) is -1.35. The van der Waals surface area contributed by atoms with Crippen molar-refractivity contribution in [2.24, 2.45) is 0 Å². The van der Waals surface area contributed by atoms with E-state index in [1.165, 1.54) is 4.90 Å². The Morgan fingerprint density at radius 1 is 1.45 bits per heavy atom. The topological polar surface area (TPSA) is 66.9 Å². The largest absolute Gasteiger partial charge is 0.458 e. The summed E-state index contributed by atoms with van der Waals surface area (Å²) in [6.07, 6.45) is 0.535. The maximum atomic E-state index is 12.2. The van der Waals surface area contributed by atoms with Crippen LogP contribution in [0.2, 0.25) is 0 Å². The molecule has 0 aromatic carbocycles. The first-order valence-corrected chi connectivity index (χ1v) is 7.45. The van der Waals surface area contributed by atoms with Crippen molar-refractivity contribution in [1.29, 1.82) is 0 Å². The molecule has 1 aliphatic rings. The van der Waals surface area contributed by atoms with Crippen LogP contribution in [0.4, 0.5) is 4.79 Å². The van der Waals surface area contributed by atoms with Gasteiger partial charge >= 0.3 is 12.0 Å². The van der Waals surface area contributed by atoms with E-state index < -0.39 is 34.4 Å². The minimum atomic E-state index is -0.883. The van der Waals surface area contributed by atoms with Gasteiger partial charge in [-0.25, -0.2) is 14.5 Å². The van der Waals surface area contributed by atoms with Crippen molar-refractivity contribution in [2.45, 2.75) is 50.6 Å². The minimum absolute atomic E-state index is 0.156. The molecule has 3 amide bonds. The summed E-state index contributed by atoms with van der Waals surface area (Å²) in [5.41, 5.74) is -0.658. The average molecular weight is 349 g/mol. The number of nitrogens with zero attached hydrogens (tertiary/aromatic N) is 2. The Kier molecular flexibility index (Phi) is 5.18. The summed E-state index contributed by atoms with van der Waals surface area (Å²) in [7, 11) is 1.56. The normalized spacial score (nSPS) is 21.1. The molecule has 2 atom stereocenters. The molecule has 1 unspecified atom stereocenters. The van der Waals surface area contributed by atoms with Gasteiger partial charge in [-0.3, -0.25) is 4.79 Å². The first-order valence-electron chi connectivity index (χ1n) is 6.53. The van der Waals surface area contributed by atoms with Gasteiger partial charge in [0.05, 0.1) is 11.4 Å². The van der Waals surface area contributed by atoms with Gasteiger partial charge in [0.15, 0.2) is 6.04 Å². The van der Waals surface area contributed by atoms with Crippen LogP contribution in [0.15, 0.2) is 0 Å². The summed E-state index contributed by atoms with van der Waals surface area (Å²) < 4.78 is 5.29.